The first-order chi connectivity index (χ1) is 14.6. The minimum Gasteiger partial charge on any atom is -0.384 e. The summed E-state index contributed by atoms with van der Waals surface area (Å²) in [5.74, 6) is 0.253. The van der Waals surface area contributed by atoms with Crippen LogP contribution in [0.15, 0.2) is 48.5 Å². The molecule has 0 radical (unpaired) electrons. The second-order valence-electron chi connectivity index (χ2n) is 7.77. The van der Waals surface area contributed by atoms with E-state index in [0.717, 1.165) is 23.3 Å². The molecule has 0 aliphatic carbocycles. The standard InChI is InChI=1S/C21H20F3N5O2/c1-14(30)28-11-20(31,12-28)13-29-26-19(25-27-29)18-5-3-2-4-16(18)10-15-6-8-17(9-7-15)21(22,23)24/h2-9,31H,10-13H2,1H3. The number of hydrogen-bond donors (Lipinski definition) is 1. The van der Waals surface area contributed by atoms with Crippen LogP contribution in [0.4, 0.5) is 13.2 Å². The number of benzene rings is 2. The van der Waals surface area contributed by atoms with Gasteiger partial charge in [0.1, 0.15) is 5.60 Å². The maximum Gasteiger partial charge on any atom is 0.416 e. The SMILES string of the molecule is CC(=O)N1CC(O)(Cn2nnc(-c3ccccc3Cc3ccc(C(F)(F)F)cc3)n2)C1. The van der Waals surface area contributed by atoms with Crippen molar-refractivity contribution in [1.29, 1.82) is 0 Å². The van der Waals surface area contributed by atoms with Crippen molar-refractivity contribution < 1.29 is 23.1 Å². The summed E-state index contributed by atoms with van der Waals surface area (Å²) in [6.45, 7) is 1.97. The second kappa shape index (κ2) is 7.77. The van der Waals surface area contributed by atoms with E-state index in [1.165, 1.54) is 28.8 Å². The third-order valence-corrected chi connectivity index (χ3v) is 5.24. The van der Waals surface area contributed by atoms with Crippen molar-refractivity contribution in [1.82, 2.24) is 25.1 Å². The molecule has 0 unspecified atom stereocenters. The van der Waals surface area contributed by atoms with Gasteiger partial charge in [-0.3, -0.25) is 4.79 Å². The minimum absolute atomic E-state index is 0.102. The van der Waals surface area contributed by atoms with E-state index in [9.17, 15) is 23.1 Å². The molecule has 0 atom stereocenters. The number of carbonyl (C=O) groups is 1. The summed E-state index contributed by atoms with van der Waals surface area (Å²) in [5.41, 5.74) is 0.488. The number of nitrogens with zero attached hydrogens (tertiary/aromatic N) is 5. The maximum absolute atomic E-state index is 12.8. The number of carbonyl (C=O) groups excluding carboxylic acids is 1. The quantitative estimate of drug-likeness (QED) is 0.671. The lowest BCUT2D eigenvalue weighted by molar-refractivity contribution is -0.156. The Bertz CT molecular complexity index is 1090. The van der Waals surface area contributed by atoms with Crippen LogP contribution in [0, 0.1) is 0 Å². The van der Waals surface area contributed by atoms with Crippen molar-refractivity contribution in [3.63, 3.8) is 0 Å². The number of tetrazole rings is 1. The summed E-state index contributed by atoms with van der Waals surface area (Å²) in [4.78, 5) is 14.1. The van der Waals surface area contributed by atoms with Crippen LogP contribution in [0.25, 0.3) is 11.4 Å². The van der Waals surface area contributed by atoms with Crippen molar-refractivity contribution in [2.45, 2.75) is 31.7 Å². The van der Waals surface area contributed by atoms with E-state index in [0.29, 0.717) is 17.8 Å². The molecule has 0 spiro atoms. The van der Waals surface area contributed by atoms with Gasteiger partial charge in [-0.1, -0.05) is 36.4 Å². The monoisotopic (exact) mass is 431 g/mol. The van der Waals surface area contributed by atoms with Gasteiger partial charge in [0, 0.05) is 12.5 Å². The van der Waals surface area contributed by atoms with Crippen LogP contribution in [0.2, 0.25) is 0 Å². The molecular formula is C21H20F3N5O2. The molecule has 0 saturated carbocycles. The lowest BCUT2D eigenvalue weighted by Crippen LogP contribution is -2.65. The average Bonchev–Trinajstić information content (AvgIpc) is 3.14. The first-order valence-electron chi connectivity index (χ1n) is 9.63. The van der Waals surface area contributed by atoms with E-state index in [1.54, 1.807) is 0 Å². The Balaban J connectivity index is 1.50. The van der Waals surface area contributed by atoms with Crippen molar-refractivity contribution >= 4 is 5.91 Å². The molecule has 1 saturated heterocycles. The van der Waals surface area contributed by atoms with Crippen LogP contribution in [0.3, 0.4) is 0 Å². The van der Waals surface area contributed by atoms with Crippen molar-refractivity contribution in [2.75, 3.05) is 13.1 Å². The third-order valence-electron chi connectivity index (χ3n) is 5.24. The van der Waals surface area contributed by atoms with Gasteiger partial charge < -0.3 is 10.0 Å². The number of aliphatic hydroxyl groups is 1. The van der Waals surface area contributed by atoms with Crippen LogP contribution in [-0.4, -0.2) is 54.8 Å². The molecule has 7 nitrogen and oxygen atoms in total. The molecule has 1 aromatic heterocycles. The first-order valence-corrected chi connectivity index (χ1v) is 9.63. The summed E-state index contributed by atoms with van der Waals surface area (Å²) in [7, 11) is 0. The number of likely N-dealkylation sites (tertiary alicyclic amines) is 1. The number of hydrogen-bond acceptors (Lipinski definition) is 5. The molecule has 1 N–H and O–H groups in total. The molecule has 3 aromatic rings. The van der Waals surface area contributed by atoms with Crippen LogP contribution < -0.4 is 0 Å². The summed E-state index contributed by atoms with van der Waals surface area (Å²) >= 11 is 0. The molecule has 2 aromatic carbocycles. The summed E-state index contributed by atoms with van der Waals surface area (Å²) in [6, 6.07) is 12.4. The summed E-state index contributed by atoms with van der Waals surface area (Å²) in [5, 5.41) is 22.9. The van der Waals surface area contributed by atoms with Crippen LogP contribution in [0.5, 0.6) is 0 Å². The number of aromatic nitrogens is 4. The number of rotatable bonds is 5. The number of halogens is 3. The van der Waals surface area contributed by atoms with Crippen LogP contribution in [0.1, 0.15) is 23.6 Å². The molecule has 162 valence electrons. The van der Waals surface area contributed by atoms with E-state index in [2.05, 4.69) is 15.4 Å². The number of β-amino-alcohol motifs (C(OH)–C–C–N with tert-alkyl or cyclic N) is 1. The van der Waals surface area contributed by atoms with Crippen molar-refractivity contribution in [2.24, 2.45) is 0 Å². The van der Waals surface area contributed by atoms with Crippen LogP contribution >= 0.6 is 0 Å². The molecule has 31 heavy (non-hydrogen) atoms. The maximum atomic E-state index is 12.8. The van der Waals surface area contributed by atoms with Gasteiger partial charge in [0.25, 0.3) is 0 Å². The van der Waals surface area contributed by atoms with Crippen LogP contribution in [-0.2, 0) is 23.9 Å². The largest absolute Gasteiger partial charge is 0.416 e. The summed E-state index contributed by atoms with van der Waals surface area (Å²) < 4.78 is 38.3. The highest BCUT2D eigenvalue weighted by Crippen LogP contribution is 2.30. The Kier molecular flexibility index (Phi) is 5.26. The summed E-state index contributed by atoms with van der Waals surface area (Å²) in [6.07, 6.45) is -3.97. The predicted molar refractivity (Wildman–Crippen MR) is 105 cm³/mol. The molecule has 1 aliphatic rings. The van der Waals surface area contributed by atoms with Gasteiger partial charge in [0.15, 0.2) is 0 Å². The van der Waals surface area contributed by atoms with Gasteiger partial charge in [-0.2, -0.15) is 18.0 Å². The molecule has 1 amide bonds. The van der Waals surface area contributed by atoms with Gasteiger partial charge >= 0.3 is 6.18 Å². The predicted octanol–water partition coefficient (Wildman–Crippen LogP) is 2.54. The van der Waals surface area contributed by atoms with Gasteiger partial charge in [0.2, 0.25) is 11.7 Å². The zero-order valence-corrected chi connectivity index (χ0v) is 16.7. The molecular weight excluding hydrogens is 411 g/mol. The average molecular weight is 431 g/mol. The number of amides is 1. The minimum atomic E-state index is -4.37. The molecule has 2 heterocycles. The molecule has 1 fully saturated rings. The normalized spacial score (nSPS) is 15.6. The lowest BCUT2D eigenvalue weighted by atomic mass is 9.94. The highest BCUT2D eigenvalue weighted by Gasteiger charge is 2.43. The third kappa shape index (κ3) is 4.58. The topological polar surface area (TPSA) is 84.1 Å². The fraction of sp³-hybridized carbons (Fsp3) is 0.333. The van der Waals surface area contributed by atoms with Gasteiger partial charge in [-0.05, 0) is 34.9 Å². The lowest BCUT2D eigenvalue weighted by Gasteiger charge is -2.45. The van der Waals surface area contributed by atoms with E-state index >= 15 is 0 Å². The Morgan fingerprint density at radius 1 is 1.13 bits per heavy atom. The van der Waals surface area contributed by atoms with Gasteiger partial charge in [-0.15, -0.1) is 10.2 Å². The molecule has 0 bridgehead atoms. The number of alkyl halides is 3. The Morgan fingerprint density at radius 3 is 2.45 bits per heavy atom. The fourth-order valence-electron chi connectivity index (χ4n) is 3.59. The zero-order valence-electron chi connectivity index (χ0n) is 16.7. The molecule has 4 rings (SSSR count). The van der Waals surface area contributed by atoms with E-state index in [4.69, 9.17) is 0 Å². The highest BCUT2D eigenvalue weighted by atomic mass is 19.4. The second-order valence-corrected chi connectivity index (χ2v) is 7.77. The van der Waals surface area contributed by atoms with E-state index in [-0.39, 0.29) is 25.5 Å². The Hall–Kier alpha value is -3.27. The first kappa shape index (κ1) is 21.0. The van der Waals surface area contributed by atoms with Gasteiger partial charge in [0.05, 0.1) is 25.2 Å². The zero-order chi connectivity index (χ0) is 22.2. The van der Waals surface area contributed by atoms with E-state index in [1.807, 2.05) is 24.3 Å². The molecule has 1 aliphatic heterocycles. The van der Waals surface area contributed by atoms with Crippen molar-refractivity contribution in [3.05, 3.63) is 65.2 Å². The van der Waals surface area contributed by atoms with Gasteiger partial charge in [-0.25, -0.2) is 0 Å². The highest BCUT2D eigenvalue weighted by molar-refractivity contribution is 5.74. The van der Waals surface area contributed by atoms with E-state index < -0.39 is 17.3 Å². The Morgan fingerprint density at radius 2 is 1.81 bits per heavy atom. The van der Waals surface area contributed by atoms with Crippen molar-refractivity contribution in [3.8, 4) is 11.4 Å². The smallest absolute Gasteiger partial charge is 0.384 e. The fourth-order valence-corrected chi connectivity index (χ4v) is 3.59. The molecule has 10 heteroatoms. The Labute approximate surface area is 176 Å².